The Hall–Kier alpha value is -2.34. The van der Waals surface area contributed by atoms with Crippen molar-refractivity contribution >= 4 is 16.9 Å². The molecule has 2 aromatic rings. The highest BCUT2D eigenvalue weighted by atomic mass is 16.5. The van der Waals surface area contributed by atoms with Crippen molar-refractivity contribution in [1.82, 2.24) is 15.6 Å². The largest absolute Gasteiger partial charge is 0.383 e. The highest BCUT2D eigenvalue weighted by molar-refractivity contribution is 5.81. The number of pyridine rings is 1. The van der Waals surface area contributed by atoms with Crippen LogP contribution in [0, 0.1) is 13.8 Å². The van der Waals surface area contributed by atoms with Gasteiger partial charge in [0.2, 0.25) is 0 Å². The molecule has 0 fully saturated rings. The van der Waals surface area contributed by atoms with E-state index in [4.69, 9.17) is 4.74 Å². The van der Waals surface area contributed by atoms with Gasteiger partial charge in [0.15, 0.2) is 0 Å². The molecule has 0 unspecified atom stereocenters. The second-order valence-corrected chi connectivity index (χ2v) is 5.25. The molecule has 6 nitrogen and oxygen atoms in total. The Bertz CT molecular complexity index is 737. The van der Waals surface area contributed by atoms with Gasteiger partial charge < -0.3 is 20.4 Å². The molecule has 1 aromatic heterocycles. The van der Waals surface area contributed by atoms with Crippen molar-refractivity contribution in [1.29, 1.82) is 0 Å². The van der Waals surface area contributed by atoms with Gasteiger partial charge in [-0.1, -0.05) is 0 Å². The fourth-order valence-electron chi connectivity index (χ4n) is 2.16. The molecule has 0 saturated heterocycles. The number of ether oxygens (including phenoxy) is 1. The minimum Gasteiger partial charge on any atom is -0.383 e. The number of aryl methyl sites for hydroxylation is 2. The fourth-order valence-corrected chi connectivity index (χ4v) is 2.16. The van der Waals surface area contributed by atoms with Crippen LogP contribution in [0.4, 0.5) is 4.79 Å². The minimum absolute atomic E-state index is 0.178. The zero-order valence-electron chi connectivity index (χ0n) is 13.1. The van der Waals surface area contributed by atoms with Crippen LogP contribution >= 0.6 is 0 Å². The van der Waals surface area contributed by atoms with Crippen molar-refractivity contribution in [2.75, 3.05) is 20.3 Å². The molecule has 118 valence electrons. The Labute approximate surface area is 128 Å². The van der Waals surface area contributed by atoms with Crippen molar-refractivity contribution in [3.05, 3.63) is 45.2 Å². The average molecular weight is 303 g/mol. The van der Waals surface area contributed by atoms with E-state index in [-0.39, 0.29) is 18.1 Å². The first-order valence-corrected chi connectivity index (χ1v) is 7.15. The summed E-state index contributed by atoms with van der Waals surface area (Å²) in [5.74, 6) is 0. The lowest BCUT2D eigenvalue weighted by Crippen LogP contribution is -2.37. The first kappa shape index (κ1) is 16.0. The quantitative estimate of drug-likeness (QED) is 0.734. The van der Waals surface area contributed by atoms with E-state index in [1.54, 1.807) is 7.11 Å². The Balaban J connectivity index is 2.11. The maximum absolute atomic E-state index is 12.1. The number of aromatic amines is 1. The summed E-state index contributed by atoms with van der Waals surface area (Å²) in [6.45, 7) is 5.09. The number of benzene rings is 1. The second kappa shape index (κ2) is 7.09. The van der Waals surface area contributed by atoms with E-state index < -0.39 is 0 Å². The number of rotatable bonds is 5. The predicted molar refractivity (Wildman–Crippen MR) is 86.2 cm³/mol. The van der Waals surface area contributed by atoms with Gasteiger partial charge in [0.1, 0.15) is 0 Å². The molecular formula is C16H21N3O3. The van der Waals surface area contributed by atoms with Crippen LogP contribution in [-0.2, 0) is 11.3 Å². The number of hydrogen-bond donors (Lipinski definition) is 3. The minimum atomic E-state index is -0.323. The number of hydrogen-bond acceptors (Lipinski definition) is 3. The van der Waals surface area contributed by atoms with Gasteiger partial charge in [0, 0.05) is 31.3 Å². The van der Waals surface area contributed by atoms with E-state index in [1.807, 2.05) is 32.0 Å². The molecular weight excluding hydrogens is 282 g/mol. The molecule has 1 aromatic carbocycles. The predicted octanol–water partition coefficient (Wildman–Crippen LogP) is 1.59. The topological polar surface area (TPSA) is 83.2 Å². The van der Waals surface area contributed by atoms with Crippen molar-refractivity contribution in [2.45, 2.75) is 20.4 Å². The lowest BCUT2D eigenvalue weighted by molar-refractivity contribution is 0.196. The van der Waals surface area contributed by atoms with Crippen molar-refractivity contribution < 1.29 is 9.53 Å². The van der Waals surface area contributed by atoms with Crippen LogP contribution in [0.2, 0.25) is 0 Å². The third kappa shape index (κ3) is 3.85. The van der Waals surface area contributed by atoms with Gasteiger partial charge >= 0.3 is 6.03 Å². The Kier molecular flexibility index (Phi) is 5.16. The number of carbonyl (C=O) groups is 1. The smallest absolute Gasteiger partial charge is 0.315 e. The lowest BCUT2D eigenvalue weighted by atomic mass is 10.1. The van der Waals surface area contributed by atoms with Crippen molar-refractivity contribution in [3.8, 4) is 0 Å². The molecule has 0 radical (unpaired) electrons. The van der Waals surface area contributed by atoms with Crippen LogP contribution in [0.15, 0.2) is 23.0 Å². The molecule has 2 amide bonds. The van der Waals surface area contributed by atoms with Crippen LogP contribution in [-0.4, -0.2) is 31.3 Å². The maximum Gasteiger partial charge on any atom is 0.315 e. The SMILES string of the molecule is COCCNC(=O)NCc1cc2cc(C)c(C)cc2[nH]c1=O. The average Bonchev–Trinajstić information content (AvgIpc) is 2.47. The van der Waals surface area contributed by atoms with Gasteiger partial charge in [-0.15, -0.1) is 0 Å². The number of aromatic nitrogens is 1. The number of urea groups is 1. The number of amides is 2. The van der Waals surface area contributed by atoms with E-state index in [2.05, 4.69) is 15.6 Å². The van der Waals surface area contributed by atoms with Gasteiger partial charge in [-0.3, -0.25) is 4.79 Å². The van der Waals surface area contributed by atoms with Gasteiger partial charge in [-0.2, -0.15) is 0 Å². The first-order valence-electron chi connectivity index (χ1n) is 7.15. The summed E-state index contributed by atoms with van der Waals surface area (Å²) in [4.78, 5) is 26.5. The molecule has 0 saturated carbocycles. The summed E-state index contributed by atoms with van der Waals surface area (Å²) in [5.41, 5.74) is 3.44. The molecule has 0 aliphatic carbocycles. The molecule has 2 rings (SSSR count). The molecule has 22 heavy (non-hydrogen) atoms. The summed E-state index contributed by atoms with van der Waals surface area (Å²) in [6.07, 6.45) is 0. The number of H-pyrrole nitrogens is 1. The molecule has 0 atom stereocenters. The molecule has 0 spiro atoms. The molecule has 0 bridgehead atoms. The van der Waals surface area contributed by atoms with E-state index in [9.17, 15) is 9.59 Å². The van der Waals surface area contributed by atoms with Crippen molar-refractivity contribution in [3.63, 3.8) is 0 Å². The molecule has 6 heteroatoms. The Morgan fingerprint density at radius 1 is 1.18 bits per heavy atom. The number of fused-ring (bicyclic) bond motifs is 1. The van der Waals surface area contributed by atoms with Gasteiger partial charge in [0.05, 0.1) is 6.61 Å². The molecule has 1 heterocycles. The number of nitrogens with one attached hydrogen (secondary N) is 3. The summed E-state index contributed by atoms with van der Waals surface area (Å²) in [7, 11) is 1.57. The summed E-state index contributed by atoms with van der Waals surface area (Å²) >= 11 is 0. The van der Waals surface area contributed by atoms with Gasteiger partial charge in [-0.25, -0.2) is 4.79 Å². The van der Waals surface area contributed by atoms with Crippen LogP contribution < -0.4 is 16.2 Å². The molecule has 0 aliphatic rings. The third-order valence-electron chi connectivity index (χ3n) is 3.57. The maximum atomic E-state index is 12.1. The molecule has 0 aliphatic heterocycles. The van der Waals surface area contributed by atoms with E-state index in [0.717, 1.165) is 22.0 Å². The summed E-state index contributed by atoms with van der Waals surface area (Å²) in [6, 6.07) is 5.48. The summed E-state index contributed by atoms with van der Waals surface area (Å²) < 4.78 is 4.85. The van der Waals surface area contributed by atoms with Crippen LogP contribution in [0.1, 0.15) is 16.7 Å². The normalized spacial score (nSPS) is 10.7. The highest BCUT2D eigenvalue weighted by Crippen LogP contribution is 2.17. The number of methoxy groups -OCH3 is 1. The van der Waals surface area contributed by atoms with Gasteiger partial charge in [0.25, 0.3) is 5.56 Å². The third-order valence-corrected chi connectivity index (χ3v) is 3.57. The fraction of sp³-hybridized carbons (Fsp3) is 0.375. The monoisotopic (exact) mass is 303 g/mol. The number of carbonyl (C=O) groups excluding carboxylic acids is 1. The Morgan fingerprint density at radius 2 is 1.91 bits per heavy atom. The van der Waals surface area contributed by atoms with E-state index in [0.29, 0.717) is 18.7 Å². The van der Waals surface area contributed by atoms with E-state index in [1.165, 1.54) is 0 Å². The van der Waals surface area contributed by atoms with Crippen molar-refractivity contribution in [2.24, 2.45) is 0 Å². The van der Waals surface area contributed by atoms with Crippen LogP contribution in [0.3, 0.4) is 0 Å². The van der Waals surface area contributed by atoms with E-state index >= 15 is 0 Å². The van der Waals surface area contributed by atoms with Gasteiger partial charge in [-0.05, 0) is 48.6 Å². The first-order chi connectivity index (χ1) is 10.5. The van der Waals surface area contributed by atoms with Crippen LogP contribution in [0.25, 0.3) is 10.9 Å². The second-order valence-electron chi connectivity index (χ2n) is 5.25. The van der Waals surface area contributed by atoms with Crippen LogP contribution in [0.5, 0.6) is 0 Å². The molecule has 3 N–H and O–H groups in total. The zero-order chi connectivity index (χ0) is 16.1. The Morgan fingerprint density at radius 3 is 2.64 bits per heavy atom. The zero-order valence-corrected chi connectivity index (χ0v) is 13.1. The lowest BCUT2D eigenvalue weighted by Gasteiger charge is -2.09. The summed E-state index contributed by atoms with van der Waals surface area (Å²) in [5, 5.41) is 6.26. The highest BCUT2D eigenvalue weighted by Gasteiger charge is 2.06. The standard InChI is InChI=1S/C16H21N3O3/c1-10-6-12-8-13(9-18-16(21)17-4-5-22-3)15(20)19-14(12)7-11(10)2/h6-8H,4-5,9H2,1-3H3,(H,19,20)(H2,17,18,21).